The van der Waals surface area contributed by atoms with E-state index in [4.69, 9.17) is 9.52 Å². The number of anilines is 1. The highest BCUT2D eigenvalue weighted by Gasteiger charge is 2.33. The van der Waals surface area contributed by atoms with Crippen LogP contribution in [0.25, 0.3) is 0 Å². The molecule has 0 spiro atoms. The summed E-state index contributed by atoms with van der Waals surface area (Å²) in [7, 11) is 1.91. The van der Waals surface area contributed by atoms with Crippen molar-refractivity contribution in [3.05, 3.63) is 11.8 Å². The van der Waals surface area contributed by atoms with Gasteiger partial charge in [-0.1, -0.05) is 0 Å². The predicted octanol–water partition coefficient (Wildman–Crippen LogP) is 2.30. The molecule has 82 valence electrons. The van der Waals surface area contributed by atoms with Crippen LogP contribution in [0.3, 0.4) is 0 Å². The molecule has 0 aliphatic carbocycles. The van der Waals surface area contributed by atoms with Crippen LogP contribution in [-0.2, 0) is 0 Å². The zero-order valence-electron chi connectivity index (χ0n) is 8.90. The summed E-state index contributed by atoms with van der Waals surface area (Å²) in [5.41, 5.74) is 0. The van der Waals surface area contributed by atoms with Gasteiger partial charge in [0.05, 0.1) is 4.90 Å². The molecule has 0 fully saturated rings. The summed E-state index contributed by atoms with van der Waals surface area (Å²) in [6.07, 6.45) is 0. The van der Waals surface area contributed by atoms with Crippen molar-refractivity contribution < 1.29 is 14.3 Å². The van der Waals surface area contributed by atoms with Crippen LogP contribution in [-0.4, -0.2) is 29.4 Å². The minimum absolute atomic E-state index is 0.0112. The Labute approximate surface area is 92.2 Å². The number of aromatic carboxylic acids is 1. The van der Waals surface area contributed by atoms with Crippen LogP contribution in [0, 0.1) is 0 Å². The molecular weight excluding hydrogens is 214 g/mol. The Morgan fingerprint density at radius 1 is 1.67 bits per heavy atom. The van der Waals surface area contributed by atoms with Crippen LogP contribution in [0.2, 0.25) is 0 Å². The second-order valence-corrected chi connectivity index (χ2v) is 6.05. The lowest BCUT2D eigenvalue weighted by Crippen LogP contribution is -2.36. The molecule has 1 aliphatic heterocycles. The molecule has 0 aromatic carbocycles. The average molecular weight is 227 g/mol. The summed E-state index contributed by atoms with van der Waals surface area (Å²) in [6, 6.07) is 1.60. The maximum Gasteiger partial charge on any atom is 0.371 e. The molecule has 4 nitrogen and oxygen atoms in total. The van der Waals surface area contributed by atoms with Crippen molar-refractivity contribution in [2.24, 2.45) is 0 Å². The molecule has 0 amide bonds. The van der Waals surface area contributed by atoms with E-state index in [1.165, 1.54) is 0 Å². The van der Waals surface area contributed by atoms with E-state index in [0.29, 0.717) is 5.88 Å². The van der Waals surface area contributed by atoms with Crippen LogP contribution in [0.1, 0.15) is 24.4 Å². The van der Waals surface area contributed by atoms with Crippen LogP contribution >= 0.6 is 11.8 Å². The van der Waals surface area contributed by atoms with Crippen molar-refractivity contribution in [2.75, 3.05) is 18.5 Å². The van der Waals surface area contributed by atoms with Gasteiger partial charge in [0.2, 0.25) is 11.6 Å². The van der Waals surface area contributed by atoms with Gasteiger partial charge in [-0.05, 0) is 13.8 Å². The third-order valence-electron chi connectivity index (χ3n) is 2.24. The number of fused-ring (bicyclic) bond motifs is 1. The van der Waals surface area contributed by atoms with E-state index in [0.717, 1.165) is 11.4 Å². The summed E-state index contributed by atoms with van der Waals surface area (Å²) >= 11 is 1.66. The molecule has 1 N–H and O–H groups in total. The van der Waals surface area contributed by atoms with Gasteiger partial charge in [0.25, 0.3) is 0 Å². The Balaban J connectivity index is 2.42. The van der Waals surface area contributed by atoms with Crippen LogP contribution in [0.4, 0.5) is 5.88 Å². The zero-order chi connectivity index (χ0) is 11.2. The number of nitrogens with zero attached hydrogens (tertiary/aromatic N) is 1. The minimum atomic E-state index is -1.02. The standard InChI is InChI=1S/C10H13NO3S/c1-10(2)5-11(3)8-7(15-10)4-6(14-8)9(12)13/h4H,5H2,1-3H3,(H,12,13). The Morgan fingerprint density at radius 3 is 2.93 bits per heavy atom. The SMILES string of the molecule is CN1CC(C)(C)Sc2cc(C(=O)O)oc21. The molecule has 0 atom stereocenters. The highest BCUT2D eigenvalue weighted by atomic mass is 32.2. The van der Waals surface area contributed by atoms with Gasteiger partial charge >= 0.3 is 5.97 Å². The van der Waals surface area contributed by atoms with E-state index in [-0.39, 0.29) is 10.5 Å². The van der Waals surface area contributed by atoms with Crippen LogP contribution in [0.15, 0.2) is 15.4 Å². The number of furan rings is 1. The second-order valence-electron chi connectivity index (χ2n) is 4.30. The number of hydrogen-bond acceptors (Lipinski definition) is 4. The molecule has 1 aromatic rings. The van der Waals surface area contributed by atoms with Gasteiger partial charge in [0.1, 0.15) is 0 Å². The molecule has 0 saturated carbocycles. The maximum absolute atomic E-state index is 10.8. The van der Waals surface area contributed by atoms with E-state index in [1.807, 2.05) is 11.9 Å². The Hall–Kier alpha value is -1.10. The van der Waals surface area contributed by atoms with Gasteiger partial charge in [-0.2, -0.15) is 0 Å². The van der Waals surface area contributed by atoms with Crippen molar-refractivity contribution in [2.45, 2.75) is 23.5 Å². The van der Waals surface area contributed by atoms with Gasteiger partial charge in [-0.3, -0.25) is 0 Å². The van der Waals surface area contributed by atoms with Gasteiger partial charge < -0.3 is 14.4 Å². The first-order valence-electron chi connectivity index (χ1n) is 4.66. The monoisotopic (exact) mass is 227 g/mol. The normalized spacial score (nSPS) is 18.7. The first kappa shape index (κ1) is 10.4. The van der Waals surface area contributed by atoms with E-state index in [9.17, 15) is 4.79 Å². The first-order chi connectivity index (χ1) is 6.89. The van der Waals surface area contributed by atoms with Crippen LogP contribution < -0.4 is 4.90 Å². The fourth-order valence-corrected chi connectivity index (χ4v) is 3.09. The first-order valence-corrected chi connectivity index (χ1v) is 5.48. The molecule has 0 unspecified atom stereocenters. The largest absolute Gasteiger partial charge is 0.475 e. The Kier molecular flexibility index (Phi) is 2.22. The number of carbonyl (C=O) groups is 1. The summed E-state index contributed by atoms with van der Waals surface area (Å²) in [4.78, 5) is 13.6. The molecule has 1 aromatic heterocycles. The number of carboxylic acids is 1. The average Bonchev–Trinajstić information content (AvgIpc) is 2.45. The van der Waals surface area contributed by atoms with E-state index in [2.05, 4.69) is 13.8 Å². The Bertz CT molecular complexity index is 411. The summed E-state index contributed by atoms with van der Waals surface area (Å²) < 4.78 is 5.36. The van der Waals surface area contributed by atoms with Gasteiger partial charge in [0.15, 0.2) is 0 Å². The number of hydrogen-bond donors (Lipinski definition) is 1. The lowest BCUT2D eigenvalue weighted by atomic mass is 10.2. The Morgan fingerprint density at radius 2 is 2.33 bits per heavy atom. The van der Waals surface area contributed by atoms with E-state index < -0.39 is 5.97 Å². The molecule has 0 bridgehead atoms. The molecule has 5 heteroatoms. The molecule has 1 aliphatic rings. The van der Waals surface area contributed by atoms with Gasteiger partial charge in [-0.25, -0.2) is 4.79 Å². The maximum atomic E-state index is 10.8. The topological polar surface area (TPSA) is 53.7 Å². The minimum Gasteiger partial charge on any atom is -0.475 e. The highest BCUT2D eigenvalue weighted by molar-refractivity contribution is 8.00. The molecule has 2 heterocycles. The molecule has 15 heavy (non-hydrogen) atoms. The fraction of sp³-hybridized carbons (Fsp3) is 0.500. The second kappa shape index (κ2) is 3.20. The van der Waals surface area contributed by atoms with Crippen molar-refractivity contribution >= 4 is 23.6 Å². The summed E-state index contributed by atoms with van der Waals surface area (Å²) in [5.74, 6) is -0.343. The number of rotatable bonds is 1. The van der Waals surface area contributed by atoms with Gasteiger partial charge in [-0.15, -0.1) is 11.8 Å². The van der Waals surface area contributed by atoms with Gasteiger partial charge in [0, 0.05) is 24.4 Å². The van der Waals surface area contributed by atoms with Crippen molar-refractivity contribution in [3.8, 4) is 0 Å². The van der Waals surface area contributed by atoms with Crippen molar-refractivity contribution in [1.29, 1.82) is 0 Å². The molecule has 0 saturated heterocycles. The highest BCUT2D eigenvalue weighted by Crippen LogP contribution is 2.45. The molecular formula is C10H13NO3S. The summed E-state index contributed by atoms with van der Waals surface area (Å²) in [6.45, 7) is 5.10. The van der Waals surface area contributed by atoms with Crippen molar-refractivity contribution in [1.82, 2.24) is 0 Å². The summed E-state index contributed by atoms with van der Waals surface area (Å²) in [5, 5.41) is 8.83. The molecule has 0 radical (unpaired) electrons. The van der Waals surface area contributed by atoms with Crippen molar-refractivity contribution in [3.63, 3.8) is 0 Å². The third kappa shape index (κ3) is 1.84. The lowest BCUT2D eigenvalue weighted by molar-refractivity contribution is 0.0663. The number of thioether (sulfide) groups is 1. The van der Waals surface area contributed by atoms with E-state index in [1.54, 1.807) is 17.8 Å². The number of carboxylic acid groups (broad SMARTS) is 1. The predicted molar refractivity (Wildman–Crippen MR) is 58.9 cm³/mol. The zero-order valence-corrected chi connectivity index (χ0v) is 9.72. The molecule has 2 rings (SSSR count). The van der Waals surface area contributed by atoms with E-state index >= 15 is 0 Å². The third-order valence-corrected chi connectivity index (χ3v) is 3.44. The fourth-order valence-electron chi connectivity index (χ4n) is 1.78. The lowest BCUT2D eigenvalue weighted by Gasteiger charge is -2.34. The smallest absolute Gasteiger partial charge is 0.371 e. The van der Waals surface area contributed by atoms with Crippen LogP contribution in [0.5, 0.6) is 0 Å². The quantitative estimate of drug-likeness (QED) is 0.797.